The van der Waals surface area contributed by atoms with Crippen LogP contribution in [0.4, 0.5) is 0 Å². The van der Waals surface area contributed by atoms with Crippen molar-refractivity contribution in [2.45, 2.75) is 25.9 Å². The SMILES string of the molecule is CC(C)(CN1CCOCC1)NCc1ccc2cc[nH]c2n1. The quantitative estimate of drug-likeness (QED) is 0.880. The summed E-state index contributed by atoms with van der Waals surface area (Å²) in [6.07, 6.45) is 1.93. The maximum absolute atomic E-state index is 5.40. The lowest BCUT2D eigenvalue weighted by Crippen LogP contribution is -2.51. The van der Waals surface area contributed by atoms with Crippen LogP contribution < -0.4 is 5.32 Å². The van der Waals surface area contributed by atoms with E-state index in [4.69, 9.17) is 4.74 Å². The highest BCUT2D eigenvalue weighted by Gasteiger charge is 2.22. The summed E-state index contributed by atoms with van der Waals surface area (Å²) in [5.74, 6) is 0. The zero-order valence-electron chi connectivity index (χ0n) is 12.9. The van der Waals surface area contributed by atoms with Crippen molar-refractivity contribution in [3.8, 4) is 0 Å². The van der Waals surface area contributed by atoms with Gasteiger partial charge in [0.2, 0.25) is 0 Å². The molecule has 0 aromatic carbocycles. The number of ether oxygens (including phenoxy) is 1. The van der Waals surface area contributed by atoms with Crippen molar-refractivity contribution in [2.75, 3.05) is 32.8 Å². The highest BCUT2D eigenvalue weighted by molar-refractivity contribution is 5.75. The van der Waals surface area contributed by atoms with Gasteiger partial charge in [-0.05, 0) is 32.0 Å². The Morgan fingerprint density at radius 1 is 1.29 bits per heavy atom. The number of nitrogens with one attached hydrogen (secondary N) is 2. The fourth-order valence-electron chi connectivity index (χ4n) is 2.77. The first-order valence-electron chi connectivity index (χ1n) is 7.61. The van der Waals surface area contributed by atoms with Gasteiger partial charge in [0, 0.05) is 43.3 Å². The van der Waals surface area contributed by atoms with E-state index in [1.165, 1.54) is 0 Å². The molecule has 2 N–H and O–H groups in total. The number of H-pyrrole nitrogens is 1. The summed E-state index contributed by atoms with van der Waals surface area (Å²) in [5.41, 5.74) is 2.09. The lowest BCUT2D eigenvalue weighted by Gasteiger charge is -2.35. The molecule has 2 aromatic rings. The van der Waals surface area contributed by atoms with Gasteiger partial charge in [-0.2, -0.15) is 0 Å². The third-order valence-corrected chi connectivity index (χ3v) is 3.94. The van der Waals surface area contributed by atoms with E-state index in [2.05, 4.69) is 46.2 Å². The third kappa shape index (κ3) is 3.81. The molecule has 3 heterocycles. The molecule has 1 saturated heterocycles. The van der Waals surface area contributed by atoms with E-state index >= 15 is 0 Å². The molecule has 3 rings (SSSR count). The lowest BCUT2D eigenvalue weighted by atomic mass is 10.0. The van der Waals surface area contributed by atoms with Gasteiger partial charge in [0.15, 0.2) is 0 Å². The summed E-state index contributed by atoms with van der Waals surface area (Å²) >= 11 is 0. The summed E-state index contributed by atoms with van der Waals surface area (Å²) < 4.78 is 5.40. The topological polar surface area (TPSA) is 53.2 Å². The van der Waals surface area contributed by atoms with Crippen molar-refractivity contribution >= 4 is 11.0 Å². The van der Waals surface area contributed by atoms with Gasteiger partial charge in [-0.1, -0.05) is 0 Å². The second kappa shape index (κ2) is 6.13. The smallest absolute Gasteiger partial charge is 0.137 e. The van der Waals surface area contributed by atoms with E-state index in [0.29, 0.717) is 0 Å². The number of aromatic amines is 1. The number of rotatable bonds is 5. The summed E-state index contributed by atoms with van der Waals surface area (Å²) in [6, 6.07) is 6.25. The van der Waals surface area contributed by atoms with Crippen LogP contribution in [0.15, 0.2) is 24.4 Å². The van der Waals surface area contributed by atoms with Crippen LogP contribution in [0.1, 0.15) is 19.5 Å². The summed E-state index contributed by atoms with van der Waals surface area (Å²) in [6.45, 7) is 10.1. The molecule has 0 atom stereocenters. The molecule has 1 aliphatic rings. The van der Waals surface area contributed by atoms with Gasteiger partial charge >= 0.3 is 0 Å². The van der Waals surface area contributed by atoms with Gasteiger partial charge in [0.1, 0.15) is 5.65 Å². The Bertz CT molecular complexity index is 587. The zero-order chi connectivity index (χ0) is 14.7. The van der Waals surface area contributed by atoms with Crippen LogP contribution in [0.25, 0.3) is 11.0 Å². The highest BCUT2D eigenvalue weighted by Crippen LogP contribution is 2.12. The van der Waals surface area contributed by atoms with Crippen LogP contribution in [-0.4, -0.2) is 53.3 Å². The van der Waals surface area contributed by atoms with E-state index in [-0.39, 0.29) is 5.54 Å². The minimum Gasteiger partial charge on any atom is -0.379 e. The molecule has 0 unspecified atom stereocenters. The molecule has 1 aliphatic heterocycles. The van der Waals surface area contributed by atoms with Crippen molar-refractivity contribution in [3.63, 3.8) is 0 Å². The largest absolute Gasteiger partial charge is 0.379 e. The van der Waals surface area contributed by atoms with E-state index in [9.17, 15) is 0 Å². The summed E-state index contributed by atoms with van der Waals surface area (Å²) in [4.78, 5) is 10.3. The molecule has 2 aromatic heterocycles. The minimum absolute atomic E-state index is 0.0592. The van der Waals surface area contributed by atoms with Gasteiger partial charge < -0.3 is 15.0 Å². The molecule has 0 aliphatic carbocycles. The predicted octanol–water partition coefficient (Wildman–Crippen LogP) is 1.76. The fourth-order valence-corrected chi connectivity index (χ4v) is 2.77. The van der Waals surface area contributed by atoms with Gasteiger partial charge in [0.05, 0.1) is 18.9 Å². The number of morpholine rings is 1. The van der Waals surface area contributed by atoms with Crippen LogP contribution in [0.2, 0.25) is 0 Å². The normalized spacial score (nSPS) is 17.4. The number of pyridine rings is 1. The molecule has 21 heavy (non-hydrogen) atoms. The van der Waals surface area contributed by atoms with Crippen LogP contribution in [0, 0.1) is 0 Å². The number of hydrogen-bond donors (Lipinski definition) is 2. The Labute approximate surface area is 125 Å². The van der Waals surface area contributed by atoms with Crippen LogP contribution in [0.3, 0.4) is 0 Å². The van der Waals surface area contributed by atoms with E-state index in [1.807, 2.05) is 12.3 Å². The Morgan fingerprint density at radius 2 is 2.10 bits per heavy atom. The maximum Gasteiger partial charge on any atom is 0.137 e. The van der Waals surface area contributed by atoms with Gasteiger partial charge in [0.25, 0.3) is 0 Å². The molecule has 5 nitrogen and oxygen atoms in total. The lowest BCUT2D eigenvalue weighted by molar-refractivity contribution is 0.0268. The average Bonchev–Trinajstić information content (AvgIpc) is 2.93. The van der Waals surface area contributed by atoms with Crippen molar-refractivity contribution in [3.05, 3.63) is 30.1 Å². The summed E-state index contributed by atoms with van der Waals surface area (Å²) in [5, 5.41) is 4.78. The van der Waals surface area contributed by atoms with Crippen LogP contribution in [-0.2, 0) is 11.3 Å². The van der Waals surface area contributed by atoms with E-state index < -0.39 is 0 Å². The Balaban J connectivity index is 1.57. The number of aromatic nitrogens is 2. The number of nitrogens with zero attached hydrogens (tertiary/aromatic N) is 2. The second-order valence-electron chi connectivity index (χ2n) is 6.34. The van der Waals surface area contributed by atoms with Crippen molar-refractivity contribution in [1.29, 1.82) is 0 Å². The second-order valence-corrected chi connectivity index (χ2v) is 6.34. The molecular formula is C16H24N4O. The molecule has 0 radical (unpaired) electrons. The minimum atomic E-state index is 0.0592. The molecule has 0 bridgehead atoms. The molecular weight excluding hydrogens is 264 g/mol. The highest BCUT2D eigenvalue weighted by atomic mass is 16.5. The zero-order valence-corrected chi connectivity index (χ0v) is 12.9. The predicted molar refractivity (Wildman–Crippen MR) is 84.3 cm³/mol. The molecule has 5 heteroatoms. The Kier molecular flexibility index (Phi) is 4.24. The molecule has 1 fully saturated rings. The van der Waals surface area contributed by atoms with Crippen LogP contribution >= 0.6 is 0 Å². The maximum atomic E-state index is 5.40. The molecule has 0 spiro atoms. The van der Waals surface area contributed by atoms with Crippen molar-refractivity contribution in [2.24, 2.45) is 0 Å². The fraction of sp³-hybridized carbons (Fsp3) is 0.562. The first kappa shape index (κ1) is 14.5. The Morgan fingerprint density at radius 3 is 2.90 bits per heavy atom. The van der Waals surface area contributed by atoms with Crippen LogP contribution in [0.5, 0.6) is 0 Å². The van der Waals surface area contributed by atoms with E-state index in [0.717, 1.165) is 56.1 Å². The summed E-state index contributed by atoms with van der Waals surface area (Å²) in [7, 11) is 0. The monoisotopic (exact) mass is 288 g/mol. The number of hydrogen-bond acceptors (Lipinski definition) is 4. The van der Waals surface area contributed by atoms with Gasteiger partial charge in [-0.3, -0.25) is 4.90 Å². The third-order valence-electron chi connectivity index (χ3n) is 3.94. The first-order chi connectivity index (χ1) is 10.1. The molecule has 0 amide bonds. The molecule has 0 saturated carbocycles. The van der Waals surface area contributed by atoms with Gasteiger partial charge in [-0.25, -0.2) is 4.98 Å². The standard InChI is InChI=1S/C16H24N4O/c1-16(2,12-20-7-9-21-10-8-20)18-11-14-4-3-13-5-6-17-15(13)19-14/h3-6,18H,7-12H2,1-2H3,(H,17,19). The first-order valence-corrected chi connectivity index (χ1v) is 7.61. The van der Waals surface area contributed by atoms with Crippen molar-refractivity contribution < 1.29 is 4.74 Å². The average molecular weight is 288 g/mol. The van der Waals surface area contributed by atoms with Gasteiger partial charge in [-0.15, -0.1) is 0 Å². The molecule has 114 valence electrons. The van der Waals surface area contributed by atoms with Crippen molar-refractivity contribution in [1.82, 2.24) is 20.2 Å². The van der Waals surface area contributed by atoms with E-state index in [1.54, 1.807) is 0 Å². The number of fused-ring (bicyclic) bond motifs is 1. The Hall–Kier alpha value is -1.43.